The molecular formula is C77H150O17P2. The van der Waals surface area contributed by atoms with Crippen LogP contribution >= 0.6 is 15.6 Å². The number of aliphatic hydroxyl groups is 1. The van der Waals surface area contributed by atoms with Crippen LogP contribution in [0.3, 0.4) is 0 Å². The first kappa shape index (κ1) is 94.1. The first-order valence-corrected chi connectivity index (χ1v) is 42.7. The van der Waals surface area contributed by atoms with Crippen LogP contribution in [-0.2, 0) is 65.4 Å². The largest absolute Gasteiger partial charge is 0.472 e. The first-order valence-electron chi connectivity index (χ1n) is 39.7. The van der Waals surface area contributed by atoms with Crippen LogP contribution in [-0.4, -0.2) is 96.7 Å². The highest BCUT2D eigenvalue weighted by atomic mass is 31.2. The molecule has 96 heavy (non-hydrogen) atoms. The summed E-state index contributed by atoms with van der Waals surface area (Å²) in [6.45, 7) is 14.2. The van der Waals surface area contributed by atoms with E-state index in [-0.39, 0.29) is 25.7 Å². The fourth-order valence-electron chi connectivity index (χ4n) is 11.7. The van der Waals surface area contributed by atoms with Gasteiger partial charge < -0.3 is 33.8 Å². The summed E-state index contributed by atoms with van der Waals surface area (Å²) in [7, 11) is -9.91. The molecule has 0 aliphatic heterocycles. The summed E-state index contributed by atoms with van der Waals surface area (Å²) in [5.41, 5.74) is 0. The van der Waals surface area contributed by atoms with E-state index in [1.807, 2.05) is 0 Å². The van der Waals surface area contributed by atoms with Gasteiger partial charge in [0.2, 0.25) is 0 Å². The minimum atomic E-state index is -4.96. The second-order valence-corrected chi connectivity index (χ2v) is 32.3. The lowest BCUT2D eigenvalue weighted by atomic mass is 9.99. The average Bonchev–Trinajstić information content (AvgIpc) is 1.30. The predicted molar refractivity (Wildman–Crippen MR) is 391 cm³/mol. The van der Waals surface area contributed by atoms with Crippen molar-refractivity contribution in [2.75, 3.05) is 39.6 Å². The monoisotopic (exact) mass is 1410 g/mol. The standard InChI is InChI=1S/C77H150O17P2/c1-9-70(8)56-48-40-32-26-28-34-42-50-58-75(80)88-64-72(93-76(81)59-51-43-35-23-19-17-15-13-11-10-12-14-16-18-21-29-37-45-53-67(2)3)65-91-95(83,84)89-61-71(78)62-90-96(85,86)92-66-73(63-87-74(79)57-49-41-33-27-25-31-39-47-55-69(6)7)94-77(82)60-52-44-36-24-20-22-30-38-46-54-68(4)5/h67-73,78H,9-66H2,1-8H3,(H,83,84)(H,85,86)/t70?,71?,72-,73-/m1/s1. The van der Waals surface area contributed by atoms with Crippen molar-refractivity contribution in [3.63, 3.8) is 0 Å². The quantitative estimate of drug-likeness (QED) is 0.0222. The smallest absolute Gasteiger partial charge is 0.462 e. The van der Waals surface area contributed by atoms with Gasteiger partial charge in [-0.3, -0.25) is 37.3 Å². The Hall–Kier alpha value is -1.94. The number of carbonyl (C=O) groups is 4. The van der Waals surface area contributed by atoms with Gasteiger partial charge in [0.25, 0.3) is 0 Å². The van der Waals surface area contributed by atoms with Gasteiger partial charge in [-0.15, -0.1) is 0 Å². The number of esters is 4. The molecule has 6 atom stereocenters. The van der Waals surface area contributed by atoms with E-state index in [0.717, 1.165) is 114 Å². The Balaban J connectivity index is 5.21. The number of hydrogen-bond donors (Lipinski definition) is 3. The number of carbonyl (C=O) groups excluding carboxylic acids is 4. The van der Waals surface area contributed by atoms with Gasteiger partial charge in [-0.05, 0) is 49.4 Å². The molecule has 0 amide bonds. The fraction of sp³-hybridized carbons (Fsp3) is 0.948. The maximum atomic E-state index is 13.1. The molecule has 0 aromatic carbocycles. The molecule has 0 saturated carbocycles. The van der Waals surface area contributed by atoms with Crippen molar-refractivity contribution in [2.45, 2.75) is 408 Å². The molecule has 0 heterocycles. The van der Waals surface area contributed by atoms with Crippen LogP contribution in [0.25, 0.3) is 0 Å². The van der Waals surface area contributed by atoms with Gasteiger partial charge in [0, 0.05) is 25.7 Å². The van der Waals surface area contributed by atoms with Crippen LogP contribution < -0.4 is 0 Å². The third-order valence-corrected chi connectivity index (χ3v) is 20.1. The molecule has 0 fully saturated rings. The lowest BCUT2D eigenvalue weighted by Crippen LogP contribution is -2.30. The summed E-state index contributed by atoms with van der Waals surface area (Å²) in [4.78, 5) is 72.8. The van der Waals surface area contributed by atoms with Gasteiger partial charge in [0.1, 0.15) is 19.3 Å². The van der Waals surface area contributed by atoms with Gasteiger partial charge in [0.15, 0.2) is 12.2 Å². The number of unbranched alkanes of at least 4 members (excludes halogenated alkanes) is 39. The number of aliphatic hydroxyl groups excluding tert-OH is 1. The van der Waals surface area contributed by atoms with E-state index in [1.165, 1.54) is 193 Å². The van der Waals surface area contributed by atoms with E-state index >= 15 is 0 Å². The van der Waals surface area contributed by atoms with Crippen molar-refractivity contribution in [2.24, 2.45) is 23.7 Å². The second-order valence-electron chi connectivity index (χ2n) is 29.4. The summed E-state index contributed by atoms with van der Waals surface area (Å²) in [6, 6.07) is 0. The lowest BCUT2D eigenvalue weighted by Gasteiger charge is -2.21. The molecule has 0 aliphatic rings. The normalized spacial score (nSPS) is 14.4. The van der Waals surface area contributed by atoms with Crippen LogP contribution in [0.15, 0.2) is 0 Å². The third kappa shape index (κ3) is 69.2. The van der Waals surface area contributed by atoms with Crippen LogP contribution in [0.4, 0.5) is 0 Å². The Labute approximate surface area is 588 Å². The lowest BCUT2D eigenvalue weighted by molar-refractivity contribution is -0.161. The molecule has 0 bridgehead atoms. The van der Waals surface area contributed by atoms with Gasteiger partial charge in [-0.2, -0.15) is 0 Å². The number of rotatable bonds is 74. The Bertz CT molecular complexity index is 1890. The topological polar surface area (TPSA) is 237 Å². The molecule has 0 spiro atoms. The zero-order valence-corrected chi connectivity index (χ0v) is 64.8. The van der Waals surface area contributed by atoms with Gasteiger partial charge in [-0.1, -0.05) is 338 Å². The van der Waals surface area contributed by atoms with Crippen molar-refractivity contribution in [1.82, 2.24) is 0 Å². The molecule has 19 heteroatoms. The highest BCUT2D eigenvalue weighted by Gasteiger charge is 2.30. The first-order chi connectivity index (χ1) is 46.1. The van der Waals surface area contributed by atoms with Gasteiger partial charge in [0.05, 0.1) is 26.4 Å². The van der Waals surface area contributed by atoms with Crippen molar-refractivity contribution < 1.29 is 80.2 Å². The Morgan fingerprint density at radius 2 is 0.500 bits per heavy atom. The van der Waals surface area contributed by atoms with Crippen molar-refractivity contribution in [1.29, 1.82) is 0 Å². The van der Waals surface area contributed by atoms with Crippen LogP contribution in [0.1, 0.15) is 389 Å². The van der Waals surface area contributed by atoms with Crippen LogP contribution in [0.2, 0.25) is 0 Å². The minimum Gasteiger partial charge on any atom is -0.462 e. The minimum absolute atomic E-state index is 0.104. The van der Waals surface area contributed by atoms with Crippen molar-refractivity contribution in [3.05, 3.63) is 0 Å². The molecule has 0 rings (SSSR count). The zero-order valence-electron chi connectivity index (χ0n) is 63.0. The summed E-state index contributed by atoms with van der Waals surface area (Å²) >= 11 is 0. The Morgan fingerprint density at radius 1 is 0.292 bits per heavy atom. The molecule has 4 unspecified atom stereocenters. The summed E-state index contributed by atoms with van der Waals surface area (Å²) < 4.78 is 68.5. The Kier molecular flexibility index (Phi) is 65.0. The van der Waals surface area contributed by atoms with E-state index in [0.29, 0.717) is 25.7 Å². The van der Waals surface area contributed by atoms with Gasteiger partial charge in [-0.25, -0.2) is 9.13 Å². The van der Waals surface area contributed by atoms with E-state index in [2.05, 4.69) is 55.4 Å². The third-order valence-electron chi connectivity index (χ3n) is 18.2. The maximum absolute atomic E-state index is 13.1. The zero-order chi connectivity index (χ0) is 71.0. The summed E-state index contributed by atoms with van der Waals surface area (Å²) in [6.07, 6.45) is 51.4. The average molecular weight is 1410 g/mol. The van der Waals surface area contributed by atoms with Gasteiger partial charge >= 0.3 is 39.5 Å². The SMILES string of the molecule is CCC(C)CCCCCCCCCCC(=O)OC[C@H](COP(=O)(O)OCC(O)COP(=O)(O)OC[C@@H](COC(=O)CCCCCCCCCCC(C)C)OC(=O)CCCCCCCCCCCC(C)C)OC(=O)CCCCCCCCCCCCCCCCCCCCC(C)C. The predicted octanol–water partition coefficient (Wildman–Crippen LogP) is 22.4. The second kappa shape index (κ2) is 66.3. The van der Waals surface area contributed by atoms with Crippen molar-refractivity contribution in [3.8, 4) is 0 Å². The number of phosphoric acid groups is 2. The van der Waals surface area contributed by atoms with Crippen LogP contribution in [0.5, 0.6) is 0 Å². The van der Waals surface area contributed by atoms with Crippen molar-refractivity contribution >= 4 is 39.5 Å². The highest BCUT2D eigenvalue weighted by Crippen LogP contribution is 2.45. The molecule has 570 valence electrons. The molecule has 0 radical (unpaired) electrons. The summed E-state index contributed by atoms with van der Waals surface area (Å²) in [5, 5.41) is 10.6. The van der Waals surface area contributed by atoms with E-state index in [4.69, 9.17) is 37.0 Å². The Morgan fingerprint density at radius 3 is 0.740 bits per heavy atom. The summed E-state index contributed by atoms with van der Waals surface area (Å²) in [5.74, 6) is 0.939. The molecule has 0 aromatic heterocycles. The highest BCUT2D eigenvalue weighted by molar-refractivity contribution is 7.47. The van der Waals surface area contributed by atoms with Crippen LogP contribution in [0, 0.1) is 23.7 Å². The number of phosphoric ester groups is 2. The maximum Gasteiger partial charge on any atom is 0.472 e. The fourth-order valence-corrected chi connectivity index (χ4v) is 13.3. The van der Waals surface area contributed by atoms with E-state index < -0.39 is 97.5 Å². The number of ether oxygens (including phenoxy) is 4. The molecular weight excluding hydrogens is 1260 g/mol. The van der Waals surface area contributed by atoms with E-state index in [1.54, 1.807) is 0 Å². The number of hydrogen-bond acceptors (Lipinski definition) is 15. The molecule has 0 aromatic rings. The molecule has 3 N–H and O–H groups in total. The van der Waals surface area contributed by atoms with E-state index in [9.17, 15) is 43.2 Å². The molecule has 0 aliphatic carbocycles. The molecule has 0 saturated heterocycles. The molecule has 17 nitrogen and oxygen atoms in total.